The fourth-order valence-corrected chi connectivity index (χ4v) is 4.37. The molecule has 2 atom stereocenters. The van der Waals surface area contributed by atoms with Crippen LogP contribution in [-0.2, 0) is 10.0 Å². The van der Waals surface area contributed by atoms with Gasteiger partial charge in [-0.05, 0) is 47.5 Å². The fraction of sp³-hybridized carbons (Fsp3) is 0.125. The van der Waals surface area contributed by atoms with E-state index in [9.17, 15) is 18.0 Å². The molecule has 1 aromatic carbocycles. The first-order valence-corrected chi connectivity index (χ1v) is 12.0. The van der Waals surface area contributed by atoms with Gasteiger partial charge in [-0.3, -0.25) is 14.9 Å². The van der Waals surface area contributed by atoms with E-state index in [-0.39, 0.29) is 17.6 Å². The van der Waals surface area contributed by atoms with Crippen LogP contribution in [0, 0.1) is 5.82 Å². The Morgan fingerprint density at radius 1 is 0.939 bits per heavy atom. The first-order valence-electron chi connectivity index (χ1n) is 10.1. The molecule has 2 N–H and O–H groups in total. The topological polar surface area (TPSA) is 96.1 Å². The summed E-state index contributed by atoms with van der Waals surface area (Å²) in [5.41, 5.74) is 2.95. The largest absolute Gasteiger partial charge is 0.285 e. The van der Waals surface area contributed by atoms with Crippen molar-refractivity contribution < 1.29 is 22.7 Å². The molecule has 0 saturated heterocycles. The fourth-order valence-electron chi connectivity index (χ4n) is 3.88. The minimum Gasteiger partial charge on any atom is -0.285 e. The normalized spacial score (nSPS) is 13.3. The number of sulfonamides is 1. The average molecular weight is 466 g/mol. The van der Waals surface area contributed by atoms with Crippen molar-refractivity contribution in [2.24, 2.45) is 0 Å². The van der Waals surface area contributed by atoms with E-state index in [4.69, 9.17) is 0 Å². The number of halogens is 1. The highest BCUT2D eigenvalue weighted by atomic mass is 32.2. The van der Waals surface area contributed by atoms with E-state index in [0.29, 0.717) is 5.69 Å². The van der Waals surface area contributed by atoms with Crippen LogP contribution in [0.15, 0.2) is 91.5 Å². The molecule has 0 spiro atoms. The Morgan fingerprint density at radius 3 is 2.36 bits per heavy atom. The number of hydrogen-bond donors (Lipinski definition) is 2. The zero-order valence-electron chi connectivity index (χ0n) is 17.7. The molecular formula is C24H22FN4O3S+. The summed E-state index contributed by atoms with van der Waals surface area (Å²) in [5.74, 6) is -1.01. The van der Waals surface area contributed by atoms with Crippen LogP contribution in [0.4, 0.5) is 10.2 Å². The number of pyridine rings is 3. The second-order valence-electron chi connectivity index (χ2n) is 7.63. The van der Waals surface area contributed by atoms with Gasteiger partial charge in [0.2, 0.25) is 22.4 Å². The molecule has 3 heterocycles. The summed E-state index contributed by atoms with van der Waals surface area (Å²) < 4.78 is 40.7. The van der Waals surface area contributed by atoms with Crippen molar-refractivity contribution in [3.63, 3.8) is 0 Å². The minimum atomic E-state index is -3.53. The molecule has 0 amide bonds. The molecule has 0 fully saturated rings. The van der Waals surface area contributed by atoms with E-state index < -0.39 is 15.9 Å². The lowest BCUT2D eigenvalue weighted by molar-refractivity contribution is -0.905. The number of rotatable bonds is 7. The maximum atomic E-state index is 13.8. The Morgan fingerprint density at radius 2 is 1.70 bits per heavy atom. The van der Waals surface area contributed by atoms with Crippen molar-refractivity contribution in [2.75, 3.05) is 11.0 Å². The van der Waals surface area contributed by atoms with Gasteiger partial charge in [-0.2, -0.15) is 0 Å². The van der Waals surface area contributed by atoms with E-state index in [1.165, 1.54) is 18.3 Å². The second-order valence-corrected chi connectivity index (χ2v) is 9.38. The zero-order chi connectivity index (χ0) is 23.4. The summed E-state index contributed by atoms with van der Waals surface area (Å²) in [6.45, 7) is 0. The van der Waals surface area contributed by atoms with Crippen molar-refractivity contribution in [2.45, 2.75) is 11.8 Å². The monoisotopic (exact) mass is 465 g/mol. The minimum absolute atomic E-state index is 0.178. The second kappa shape index (κ2) is 9.33. The van der Waals surface area contributed by atoms with Crippen LogP contribution in [0.3, 0.4) is 0 Å². The highest BCUT2D eigenvalue weighted by Crippen LogP contribution is 2.42. The van der Waals surface area contributed by atoms with Crippen molar-refractivity contribution >= 4 is 15.8 Å². The molecule has 0 radical (unpaired) electrons. The Balaban J connectivity index is 1.94. The molecule has 0 aliphatic carbocycles. The molecule has 0 saturated carbocycles. The molecule has 7 nitrogen and oxygen atoms in total. The summed E-state index contributed by atoms with van der Waals surface area (Å²) in [5, 5.41) is 10.1. The van der Waals surface area contributed by atoms with Crippen molar-refractivity contribution in [1.82, 2.24) is 9.97 Å². The summed E-state index contributed by atoms with van der Waals surface area (Å²) in [6.07, 6.45) is 7.55. The van der Waals surface area contributed by atoms with E-state index in [1.54, 1.807) is 55.0 Å². The van der Waals surface area contributed by atoms with Gasteiger partial charge in [0, 0.05) is 40.6 Å². The highest BCUT2D eigenvalue weighted by Gasteiger charge is 2.31. The van der Waals surface area contributed by atoms with Crippen LogP contribution in [0.1, 0.15) is 34.2 Å². The quantitative estimate of drug-likeness (QED) is 0.322. The highest BCUT2D eigenvalue weighted by molar-refractivity contribution is 7.92. The van der Waals surface area contributed by atoms with Crippen LogP contribution >= 0.6 is 0 Å². The van der Waals surface area contributed by atoms with Gasteiger partial charge in [-0.15, -0.1) is 0 Å². The standard InChI is InChI=1S/C24H22FN4O3S/c1-33(31,32)28-22-8-2-7-21(27-22)24(17-9-11-20(25)12-10-17)23(18-5-3-13-26-15-18)19-6-4-14-29(30)16-19/h2-16,23-24,30H,1H3,(H,27,28)/q+1. The predicted molar refractivity (Wildman–Crippen MR) is 121 cm³/mol. The van der Waals surface area contributed by atoms with Crippen LogP contribution < -0.4 is 9.45 Å². The van der Waals surface area contributed by atoms with Gasteiger partial charge in [0.25, 0.3) is 0 Å². The lowest BCUT2D eigenvalue weighted by Crippen LogP contribution is -2.30. The van der Waals surface area contributed by atoms with Crippen LogP contribution in [-0.4, -0.2) is 29.8 Å². The van der Waals surface area contributed by atoms with Gasteiger partial charge in [0.1, 0.15) is 11.6 Å². The van der Waals surface area contributed by atoms with E-state index in [2.05, 4.69) is 14.7 Å². The number of anilines is 1. The van der Waals surface area contributed by atoms with Gasteiger partial charge in [0.15, 0.2) is 0 Å². The number of aromatic nitrogens is 3. The summed E-state index contributed by atoms with van der Waals surface area (Å²) in [6, 6.07) is 18.5. The first kappa shape index (κ1) is 22.3. The number of nitrogens with one attached hydrogen (secondary N) is 1. The Hall–Kier alpha value is -3.85. The molecule has 0 aliphatic rings. The lowest BCUT2D eigenvalue weighted by atomic mass is 9.76. The number of hydrogen-bond acceptors (Lipinski definition) is 5. The Bertz CT molecular complexity index is 1350. The molecule has 4 rings (SSSR count). The third-order valence-corrected chi connectivity index (χ3v) is 5.73. The average Bonchev–Trinajstić information content (AvgIpc) is 2.78. The van der Waals surface area contributed by atoms with Crippen LogP contribution in [0.2, 0.25) is 0 Å². The number of nitrogens with zero attached hydrogens (tertiary/aromatic N) is 3. The Labute approximate surface area is 191 Å². The lowest BCUT2D eigenvalue weighted by Gasteiger charge is -2.27. The molecule has 9 heteroatoms. The molecule has 2 unspecified atom stereocenters. The SMILES string of the molecule is CS(=O)(=O)Nc1cccc(C(c2ccc(F)cc2)C(c2cccnc2)c2ccc[n+](O)c2)n1. The van der Waals surface area contributed by atoms with Crippen molar-refractivity contribution in [3.05, 3.63) is 120 Å². The number of benzene rings is 1. The zero-order valence-corrected chi connectivity index (χ0v) is 18.5. The van der Waals surface area contributed by atoms with E-state index in [0.717, 1.165) is 27.7 Å². The summed E-state index contributed by atoms with van der Waals surface area (Å²) >= 11 is 0. The summed E-state index contributed by atoms with van der Waals surface area (Å²) in [7, 11) is -3.53. The van der Waals surface area contributed by atoms with Gasteiger partial charge in [-0.1, -0.05) is 24.3 Å². The first-order chi connectivity index (χ1) is 15.8. The molecule has 3 aromatic heterocycles. The molecule has 33 heavy (non-hydrogen) atoms. The van der Waals surface area contributed by atoms with Gasteiger partial charge < -0.3 is 0 Å². The molecular weight excluding hydrogens is 443 g/mol. The third kappa shape index (κ3) is 5.50. The van der Waals surface area contributed by atoms with Gasteiger partial charge in [0.05, 0.1) is 11.9 Å². The smallest absolute Gasteiger partial charge is 0.230 e. The summed E-state index contributed by atoms with van der Waals surface area (Å²) in [4.78, 5) is 8.84. The molecule has 0 bridgehead atoms. The predicted octanol–water partition coefficient (Wildman–Crippen LogP) is 3.48. The van der Waals surface area contributed by atoms with Gasteiger partial charge in [-0.25, -0.2) is 17.8 Å². The van der Waals surface area contributed by atoms with Crippen molar-refractivity contribution in [3.8, 4) is 0 Å². The van der Waals surface area contributed by atoms with E-state index in [1.807, 2.05) is 18.2 Å². The van der Waals surface area contributed by atoms with Crippen LogP contribution in [0.25, 0.3) is 0 Å². The van der Waals surface area contributed by atoms with Crippen molar-refractivity contribution in [1.29, 1.82) is 0 Å². The van der Waals surface area contributed by atoms with Crippen LogP contribution in [0.5, 0.6) is 0 Å². The van der Waals surface area contributed by atoms with Gasteiger partial charge >= 0.3 is 0 Å². The maximum Gasteiger partial charge on any atom is 0.230 e. The molecule has 0 aliphatic heterocycles. The molecule has 4 aromatic rings. The molecule has 168 valence electrons. The third-order valence-electron chi connectivity index (χ3n) is 5.15. The van der Waals surface area contributed by atoms with E-state index >= 15 is 0 Å². The maximum absolute atomic E-state index is 13.8. The Kier molecular flexibility index (Phi) is 6.32.